The van der Waals surface area contributed by atoms with Crippen LogP contribution in [0.1, 0.15) is 62.5 Å². The van der Waals surface area contributed by atoms with E-state index < -0.39 is 0 Å². The maximum atomic E-state index is 12.0. The van der Waals surface area contributed by atoms with E-state index in [1.165, 1.54) is 0 Å². The summed E-state index contributed by atoms with van der Waals surface area (Å²) in [5.74, 6) is -0.286. The van der Waals surface area contributed by atoms with Gasteiger partial charge in [0.05, 0.1) is 6.61 Å². The molecule has 23 heavy (non-hydrogen) atoms. The molecule has 1 heterocycles. The molecule has 0 atom stereocenters. The van der Waals surface area contributed by atoms with Crippen molar-refractivity contribution in [1.29, 1.82) is 0 Å². The van der Waals surface area contributed by atoms with Crippen molar-refractivity contribution in [1.82, 2.24) is 4.57 Å². The van der Waals surface area contributed by atoms with Gasteiger partial charge in [-0.1, -0.05) is 13.8 Å². The van der Waals surface area contributed by atoms with E-state index in [-0.39, 0.29) is 5.97 Å². The molecule has 0 aliphatic rings. The van der Waals surface area contributed by atoms with E-state index in [1.54, 1.807) is 14.0 Å². The van der Waals surface area contributed by atoms with E-state index in [4.69, 9.17) is 9.47 Å². The molecule has 0 unspecified atom stereocenters. The lowest BCUT2D eigenvalue weighted by Crippen LogP contribution is -2.12. The molecule has 1 aromatic rings. The summed E-state index contributed by atoms with van der Waals surface area (Å²) in [5.41, 5.74) is 1.67. The number of hydrogen-bond donors (Lipinski definition) is 0. The lowest BCUT2D eigenvalue weighted by Gasteiger charge is -2.08. The van der Waals surface area contributed by atoms with Gasteiger partial charge in [-0.05, 0) is 44.2 Å². The first-order valence-corrected chi connectivity index (χ1v) is 8.51. The summed E-state index contributed by atoms with van der Waals surface area (Å²) in [5, 5.41) is 0. The zero-order valence-corrected chi connectivity index (χ0v) is 15.0. The average Bonchev–Trinajstić information content (AvgIpc) is 2.97. The molecule has 0 amide bonds. The highest BCUT2D eigenvalue weighted by Gasteiger charge is 2.14. The Hall–Kier alpha value is -1.62. The topological polar surface area (TPSA) is 57.5 Å². The fourth-order valence-corrected chi connectivity index (χ4v) is 2.19. The van der Waals surface area contributed by atoms with Gasteiger partial charge in [0, 0.05) is 32.9 Å². The molecular formula is C18H31NO4. The van der Waals surface area contributed by atoms with Crippen LogP contribution in [0, 0.1) is 0 Å². The molecule has 0 fully saturated rings. The Morgan fingerprint density at radius 3 is 2.61 bits per heavy atom. The van der Waals surface area contributed by atoms with E-state index in [1.807, 2.05) is 30.7 Å². The number of nitrogens with zero attached hydrogens (tertiary/aromatic N) is 1. The molecule has 0 saturated heterocycles. The van der Waals surface area contributed by atoms with Gasteiger partial charge in [0.15, 0.2) is 0 Å². The van der Waals surface area contributed by atoms with E-state index >= 15 is 0 Å². The van der Waals surface area contributed by atoms with Crippen LogP contribution in [0.2, 0.25) is 0 Å². The smallest absolute Gasteiger partial charge is 0.354 e. The summed E-state index contributed by atoms with van der Waals surface area (Å²) in [6.07, 6.45) is 6.97. The average molecular weight is 325 g/mol. The minimum absolute atomic E-state index is 0.286. The van der Waals surface area contributed by atoms with Crippen molar-refractivity contribution in [2.75, 3.05) is 20.3 Å². The van der Waals surface area contributed by atoms with Gasteiger partial charge >= 0.3 is 5.97 Å². The first-order chi connectivity index (χ1) is 11.2. The molecule has 0 aromatic carbocycles. The number of carbonyl (C=O) groups excluding carboxylic acids is 2. The number of unbranched alkanes of at least 4 members (excludes halogenated alkanes) is 2. The van der Waals surface area contributed by atoms with Crippen LogP contribution in [0.4, 0.5) is 0 Å². The van der Waals surface area contributed by atoms with Gasteiger partial charge in [-0.3, -0.25) is 0 Å². The second kappa shape index (κ2) is 14.0. The number of methoxy groups -OCH3 is 1. The number of esters is 1. The van der Waals surface area contributed by atoms with Crippen LogP contribution < -0.4 is 0 Å². The number of rotatable bonds is 11. The van der Waals surface area contributed by atoms with Crippen molar-refractivity contribution in [2.24, 2.45) is 0 Å². The van der Waals surface area contributed by atoms with Gasteiger partial charge in [0.1, 0.15) is 12.0 Å². The van der Waals surface area contributed by atoms with Gasteiger partial charge in [0.25, 0.3) is 0 Å². The third-order valence-corrected chi connectivity index (χ3v) is 3.22. The highest BCUT2D eigenvalue weighted by molar-refractivity contribution is 5.88. The van der Waals surface area contributed by atoms with Crippen LogP contribution in [-0.4, -0.2) is 37.1 Å². The lowest BCUT2D eigenvalue weighted by molar-refractivity contribution is -0.107. The summed E-state index contributed by atoms with van der Waals surface area (Å²) in [7, 11) is 1.69. The van der Waals surface area contributed by atoms with Gasteiger partial charge in [-0.15, -0.1) is 0 Å². The first-order valence-electron chi connectivity index (χ1n) is 8.51. The summed E-state index contributed by atoms with van der Waals surface area (Å²) < 4.78 is 12.1. The predicted octanol–water partition coefficient (Wildman–Crippen LogP) is 3.64. The molecule has 1 rings (SSSR count). The van der Waals surface area contributed by atoms with Crippen LogP contribution >= 0.6 is 0 Å². The number of aryl methyl sites for hydroxylation is 2. The second-order valence-corrected chi connectivity index (χ2v) is 4.91. The van der Waals surface area contributed by atoms with E-state index in [2.05, 4.69) is 0 Å². The van der Waals surface area contributed by atoms with Gasteiger partial charge in [-0.2, -0.15) is 0 Å². The number of aromatic nitrogens is 1. The van der Waals surface area contributed by atoms with Crippen LogP contribution in [0.3, 0.4) is 0 Å². The number of aldehydes is 1. The Kier molecular flexibility index (Phi) is 13.0. The van der Waals surface area contributed by atoms with Crippen molar-refractivity contribution < 1.29 is 19.1 Å². The summed E-state index contributed by atoms with van der Waals surface area (Å²) in [6.45, 7) is 7.66. The molecule has 132 valence electrons. The minimum atomic E-state index is -0.286. The normalized spacial score (nSPS) is 9.91. The summed E-state index contributed by atoms with van der Waals surface area (Å²) in [4.78, 5) is 22.3. The Labute approximate surface area is 140 Å². The van der Waals surface area contributed by atoms with Crippen LogP contribution in [0.5, 0.6) is 0 Å². The highest BCUT2D eigenvalue weighted by Crippen LogP contribution is 2.14. The monoisotopic (exact) mass is 325 g/mol. The zero-order chi connectivity index (χ0) is 17.5. The Bertz CT molecular complexity index is 440. The Balaban J connectivity index is 0.00000232. The molecule has 5 nitrogen and oxygen atoms in total. The van der Waals surface area contributed by atoms with Crippen molar-refractivity contribution in [3.05, 3.63) is 23.5 Å². The Morgan fingerprint density at radius 2 is 2.00 bits per heavy atom. The Morgan fingerprint density at radius 1 is 1.26 bits per heavy atom. The standard InChI is InChI=1S/C16H25NO4.C2H6/c1-3-21-16(19)15-12-14(8-4-6-10-18)13-17(15)9-5-7-11-20-2;1-2/h10,12-13H,3-9,11H2,1-2H3;1-2H3. The van der Waals surface area contributed by atoms with E-state index in [0.29, 0.717) is 18.7 Å². The molecule has 0 aliphatic heterocycles. The third-order valence-electron chi connectivity index (χ3n) is 3.22. The van der Waals surface area contributed by atoms with Crippen molar-refractivity contribution in [3.8, 4) is 0 Å². The minimum Gasteiger partial charge on any atom is -0.461 e. The van der Waals surface area contributed by atoms with Crippen molar-refractivity contribution in [3.63, 3.8) is 0 Å². The number of hydrogen-bond acceptors (Lipinski definition) is 4. The van der Waals surface area contributed by atoms with Gasteiger partial charge < -0.3 is 18.8 Å². The maximum Gasteiger partial charge on any atom is 0.354 e. The number of carbonyl (C=O) groups is 2. The SMILES string of the molecule is CC.CCOC(=O)c1cc(CCCC=O)cn1CCCCOC. The highest BCUT2D eigenvalue weighted by atomic mass is 16.5. The molecule has 0 N–H and O–H groups in total. The molecule has 0 bridgehead atoms. The molecule has 5 heteroatoms. The fraction of sp³-hybridized carbons (Fsp3) is 0.667. The van der Waals surface area contributed by atoms with E-state index in [9.17, 15) is 9.59 Å². The molecule has 1 aromatic heterocycles. The summed E-state index contributed by atoms with van der Waals surface area (Å²) >= 11 is 0. The van der Waals surface area contributed by atoms with Gasteiger partial charge in [0.2, 0.25) is 0 Å². The molecule has 0 spiro atoms. The predicted molar refractivity (Wildman–Crippen MR) is 91.8 cm³/mol. The third kappa shape index (κ3) is 8.55. The van der Waals surface area contributed by atoms with Crippen molar-refractivity contribution in [2.45, 2.75) is 59.4 Å². The summed E-state index contributed by atoms with van der Waals surface area (Å²) in [6, 6.07) is 1.87. The largest absolute Gasteiger partial charge is 0.461 e. The van der Waals surface area contributed by atoms with Gasteiger partial charge in [-0.25, -0.2) is 4.79 Å². The van der Waals surface area contributed by atoms with E-state index in [0.717, 1.165) is 50.7 Å². The molecular weight excluding hydrogens is 294 g/mol. The number of ether oxygens (including phenoxy) is 2. The van der Waals surface area contributed by atoms with Crippen LogP contribution in [0.25, 0.3) is 0 Å². The van der Waals surface area contributed by atoms with Crippen LogP contribution in [0.15, 0.2) is 12.3 Å². The fourth-order valence-electron chi connectivity index (χ4n) is 2.19. The molecule has 0 aliphatic carbocycles. The molecule has 0 saturated carbocycles. The lowest BCUT2D eigenvalue weighted by atomic mass is 10.1. The zero-order valence-electron chi connectivity index (χ0n) is 15.0. The second-order valence-electron chi connectivity index (χ2n) is 4.91. The molecule has 0 radical (unpaired) electrons. The first kappa shape index (κ1) is 21.4. The maximum absolute atomic E-state index is 12.0. The van der Waals surface area contributed by atoms with Crippen molar-refractivity contribution >= 4 is 12.3 Å². The quantitative estimate of drug-likeness (QED) is 0.354. The van der Waals surface area contributed by atoms with Crippen LogP contribution in [-0.2, 0) is 27.2 Å².